The second-order valence-electron chi connectivity index (χ2n) is 6.87. The molecule has 0 spiro atoms. The number of hydrogen-bond donors (Lipinski definition) is 2. The van der Waals surface area contributed by atoms with Gasteiger partial charge in [-0.1, -0.05) is 23.5 Å². The predicted molar refractivity (Wildman–Crippen MR) is 117 cm³/mol. The zero-order valence-electron chi connectivity index (χ0n) is 16.7. The lowest BCUT2D eigenvalue weighted by molar-refractivity contribution is -0.114. The van der Waals surface area contributed by atoms with Crippen LogP contribution < -0.4 is 10.0 Å². The molecule has 0 aliphatic carbocycles. The van der Waals surface area contributed by atoms with Gasteiger partial charge in [0.15, 0.2) is 0 Å². The number of aromatic nitrogens is 2. The molecule has 3 aromatic rings. The highest BCUT2D eigenvalue weighted by Crippen LogP contribution is 2.25. The molecule has 0 fully saturated rings. The first-order valence-corrected chi connectivity index (χ1v) is 11.7. The van der Waals surface area contributed by atoms with Gasteiger partial charge in [-0.05, 0) is 36.4 Å². The highest BCUT2D eigenvalue weighted by molar-refractivity contribution is 7.93. The van der Waals surface area contributed by atoms with Gasteiger partial charge in [-0.2, -0.15) is 0 Å². The second kappa shape index (κ2) is 8.48. The maximum atomic E-state index is 12.6. The fraction of sp³-hybridized carbons (Fsp3) is 0.150. The molecule has 0 bridgehead atoms. The molecule has 0 unspecified atom stereocenters. The Labute approximate surface area is 187 Å². The van der Waals surface area contributed by atoms with E-state index in [0.29, 0.717) is 21.8 Å². The van der Waals surface area contributed by atoms with E-state index < -0.39 is 10.0 Å². The van der Waals surface area contributed by atoms with Gasteiger partial charge < -0.3 is 5.32 Å². The maximum Gasteiger partial charge on any atom is 0.263 e. The quantitative estimate of drug-likeness (QED) is 0.503. The number of sulfonamides is 1. The number of nitrogens with zero attached hydrogens (tertiary/aromatic N) is 3. The first kappa shape index (κ1) is 21.6. The molecule has 4 rings (SSSR count). The molecule has 1 aliphatic rings. The summed E-state index contributed by atoms with van der Waals surface area (Å²) in [4.78, 5) is 37.1. The third-order valence-corrected chi connectivity index (χ3v) is 6.98. The van der Waals surface area contributed by atoms with Crippen LogP contribution >= 0.6 is 11.3 Å². The SMILES string of the molecule is CC(=O)Nc1ccc(S(=O)(=O)Nc2nnc(CCN3C(=O)c4ccccc4C3=O)s2)cc1. The van der Waals surface area contributed by atoms with Gasteiger partial charge in [-0.25, -0.2) is 8.42 Å². The molecule has 2 heterocycles. The summed E-state index contributed by atoms with van der Waals surface area (Å²) in [5.74, 6) is -0.987. The summed E-state index contributed by atoms with van der Waals surface area (Å²) in [5, 5.41) is 10.9. The molecule has 0 radical (unpaired) electrons. The molecule has 0 saturated carbocycles. The molecule has 3 amide bonds. The Kier molecular flexibility index (Phi) is 5.72. The summed E-state index contributed by atoms with van der Waals surface area (Å²) in [6.07, 6.45) is 0.246. The fourth-order valence-corrected chi connectivity index (χ4v) is 5.10. The molecule has 1 aliphatic heterocycles. The van der Waals surface area contributed by atoms with E-state index in [4.69, 9.17) is 0 Å². The van der Waals surface area contributed by atoms with Crippen LogP contribution in [0.5, 0.6) is 0 Å². The number of nitrogens with one attached hydrogen (secondary N) is 2. The lowest BCUT2D eigenvalue weighted by atomic mass is 10.1. The van der Waals surface area contributed by atoms with Crippen LogP contribution in [0.4, 0.5) is 10.8 Å². The minimum absolute atomic E-state index is 0.00521. The van der Waals surface area contributed by atoms with Gasteiger partial charge >= 0.3 is 0 Å². The fourth-order valence-electron chi connectivity index (χ4n) is 3.14. The Morgan fingerprint density at radius 1 is 1.00 bits per heavy atom. The minimum Gasteiger partial charge on any atom is -0.326 e. The summed E-state index contributed by atoms with van der Waals surface area (Å²) >= 11 is 1.02. The van der Waals surface area contributed by atoms with Crippen molar-refractivity contribution in [3.05, 3.63) is 64.7 Å². The average Bonchev–Trinajstić information content (AvgIpc) is 3.29. The molecule has 2 aromatic carbocycles. The Morgan fingerprint density at radius 3 is 2.22 bits per heavy atom. The lowest BCUT2D eigenvalue weighted by Gasteiger charge is -2.12. The third kappa shape index (κ3) is 4.36. The molecule has 32 heavy (non-hydrogen) atoms. The van der Waals surface area contributed by atoms with Crippen LogP contribution in [0, 0.1) is 0 Å². The van der Waals surface area contributed by atoms with Crippen molar-refractivity contribution in [1.29, 1.82) is 0 Å². The third-order valence-electron chi connectivity index (χ3n) is 4.60. The number of benzene rings is 2. The first-order chi connectivity index (χ1) is 15.2. The van der Waals surface area contributed by atoms with Crippen LogP contribution in [0.2, 0.25) is 0 Å². The smallest absolute Gasteiger partial charge is 0.263 e. The van der Waals surface area contributed by atoms with Crippen LogP contribution in [0.1, 0.15) is 32.6 Å². The number of anilines is 2. The van der Waals surface area contributed by atoms with Crippen molar-refractivity contribution < 1.29 is 22.8 Å². The van der Waals surface area contributed by atoms with Gasteiger partial charge in [0.1, 0.15) is 5.01 Å². The van der Waals surface area contributed by atoms with E-state index in [1.54, 1.807) is 24.3 Å². The topological polar surface area (TPSA) is 138 Å². The van der Waals surface area contributed by atoms with Gasteiger partial charge in [0.2, 0.25) is 11.0 Å². The van der Waals surface area contributed by atoms with Gasteiger partial charge in [0.25, 0.3) is 21.8 Å². The number of hydrogen-bond acceptors (Lipinski definition) is 8. The molecular weight excluding hydrogens is 454 g/mol. The number of imide groups is 1. The normalized spacial score (nSPS) is 13.2. The zero-order valence-corrected chi connectivity index (χ0v) is 18.4. The monoisotopic (exact) mass is 471 g/mol. The number of carbonyl (C=O) groups excluding carboxylic acids is 3. The van der Waals surface area contributed by atoms with Crippen LogP contribution in [-0.2, 0) is 21.2 Å². The van der Waals surface area contributed by atoms with Gasteiger partial charge in [-0.3, -0.25) is 24.0 Å². The largest absolute Gasteiger partial charge is 0.326 e. The van der Waals surface area contributed by atoms with Crippen molar-refractivity contribution >= 4 is 49.9 Å². The van der Waals surface area contributed by atoms with E-state index >= 15 is 0 Å². The van der Waals surface area contributed by atoms with E-state index in [-0.39, 0.29) is 40.7 Å². The summed E-state index contributed by atoms with van der Waals surface area (Å²) in [6.45, 7) is 1.46. The van der Waals surface area contributed by atoms with Crippen molar-refractivity contribution in [2.75, 3.05) is 16.6 Å². The summed E-state index contributed by atoms with van der Waals surface area (Å²) < 4.78 is 27.5. The van der Waals surface area contributed by atoms with E-state index in [2.05, 4.69) is 20.2 Å². The van der Waals surface area contributed by atoms with Crippen LogP contribution in [-0.4, -0.2) is 47.8 Å². The molecule has 0 atom stereocenters. The Bertz CT molecular complexity index is 1280. The van der Waals surface area contributed by atoms with Crippen molar-refractivity contribution in [1.82, 2.24) is 15.1 Å². The van der Waals surface area contributed by atoms with Crippen molar-refractivity contribution in [2.24, 2.45) is 0 Å². The number of rotatable bonds is 7. The van der Waals surface area contributed by atoms with E-state index in [1.165, 1.54) is 31.2 Å². The molecular formula is C20H17N5O5S2. The second-order valence-corrected chi connectivity index (χ2v) is 9.61. The Balaban J connectivity index is 1.39. The molecule has 0 saturated heterocycles. The van der Waals surface area contributed by atoms with Crippen LogP contribution in [0.15, 0.2) is 53.4 Å². The molecule has 2 N–H and O–H groups in total. The molecule has 164 valence electrons. The number of fused-ring (bicyclic) bond motifs is 1. The zero-order chi connectivity index (χ0) is 22.9. The summed E-state index contributed by atoms with van der Waals surface area (Å²) in [5.41, 5.74) is 1.21. The predicted octanol–water partition coefficient (Wildman–Crippen LogP) is 2.14. The Hall–Kier alpha value is -3.64. The Morgan fingerprint density at radius 2 is 1.62 bits per heavy atom. The standard InChI is InChI=1S/C20H17N5O5S2/c1-12(26)21-13-6-8-14(9-7-13)32(29,30)24-20-23-22-17(31-20)10-11-25-18(27)15-4-2-3-5-16(15)19(25)28/h2-9H,10-11H2,1H3,(H,21,26)(H,23,24). The lowest BCUT2D eigenvalue weighted by Crippen LogP contribution is -2.31. The highest BCUT2D eigenvalue weighted by Gasteiger charge is 2.34. The van der Waals surface area contributed by atoms with E-state index in [0.717, 1.165) is 16.2 Å². The highest BCUT2D eigenvalue weighted by atomic mass is 32.2. The van der Waals surface area contributed by atoms with Crippen molar-refractivity contribution in [2.45, 2.75) is 18.2 Å². The average molecular weight is 472 g/mol. The van der Waals surface area contributed by atoms with Gasteiger partial charge in [-0.15, -0.1) is 10.2 Å². The van der Waals surface area contributed by atoms with E-state index in [9.17, 15) is 22.8 Å². The minimum atomic E-state index is -3.90. The number of amides is 3. The molecule has 12 heteroatoms. The van der Waals surface area contributed by atoms with Gasteiger partial charge in [0.05, 0.1) is 16.0 Å². The maximum absolute atomic E-state index is 12.6. The summed E-state index contributed by atoms with van der Waals surface area (Å²) in [6, 6.07) is 12.3. The van der Waals surface area contributed by atoms with Crippen LogP contribution in [0.25, 0.3) is 0 Å². The molecule has 10 nitrogen and oxygen atoms in total. The van der Waals surface area contributed by atoms with Crippen molar-refractivity contribution in [3.63, 3.8) is 0 Å². The number of carbonyl (C=O) groups is 3. The van der Waals surface area contributed by atoms with Crippen LogP contribution in [0.3, 0.4) is 0 Å². The van der Waals surface area contributed by atoms with Gasteiger partial charge in [0, 0.05) is 25.6 Å². The molecule has 1 aromatic heterocycles. The van der Waals surface area contributed by atoms with E-state index in [1.807, 2.05) is 0 Å². The van der Waals surface area contributed by atoms with Crippen molar-refractivity contribution in [3.8, 4) is 0 Å². The summed E-state index contributed by atoms with van der Waals surface area (Å²) in [7, 11) is -3.90. The first-order valence-electron chi connectivity index (χ1n) is 9.43.